The van der Waals surface area contributed by atoms with E-state index in [1.165, 1.54) is 0 Å². The van der Waals surface area contributed by atoms with Crippen molar-refractivity contribution in [3.8, 4) is 0 Å². The molecule has 0 aromatic heterocycles. The molecule has 1 saturated heterocycles. The normalized spacial score (nSPS) is 16.5. The second kappa shape index (κ2) is 6.59. The van der Waals surface area contributed by atoms with E-state index in [1.54, 1.807) is 6.92 Å². The molecule has 0 atom stereocenters. The predicted molar refractivity (Wildman–Crippen MR) is 88.4 cm³/mol. The van der Waals surface area contributed by atoms with Gasteiger partial charge in [-0.25, -0.2) is 0 Å². The van der Waals surface area contributed by atoms with Crippen molar-refractivity contribution >= 4 is 59.4 Å². The topological polar surface area (TPSA) is 32.3 Å². The van der Waals surface area contributed by atoms with Gasteiger partial charge in [-0.2, -0.15) is 0 Å². The van der Waals surface area contributed by atoms with Crippen LogP contribution in [-0.2, 0) is 4.79 Å². The lowest BCUT2D eigenvalue weighted by Gasteiger charge is -2.32. The summed E-state index contributed by atoms with van der Waals surface area (Å²) < 4.78 is 3.09. The molecule has 0 radical (unpaired) electrons. The molecule has 3 nitrogen and oxygen atoms in total. The summed E-state index contributed by atoms with van der Waals surface area (Å²) in [5, 5.41) is 3.55. The zero-order valence-corrected chi connectivity index (χ0v) is 15.3. The summed E-state index contributed by atoms with van der Waals surface area (Å²) in [4.78, 5) is 13.2. The monoisotopic (exact) mass is 452 g/mol. The van der Waals surface area contributed by atoms with Crippen LogP contribution in [0.1, 0.15) is 19.8 Å². The molecule has 0 bridgehead atoms. The Bertz CT molecular complexity index is 462. The molecule has 1 heterocycles. The summed E-state index contributed by atoms with van der Waals surface area (Å²) in [7, 11) is 0. The minimum atomic E-state index is 0.171. The Kier molecular flexibility index (Phi) is 5.31. The molecular weight excluding hydrogens is 440 g/mol. The second-order valence-corrected chi connectivity index (χ2v) is 7.29. The number of hydrogen-bond donors (Lipinski definition) is 1. The van der Waals surface area contributed by atoms with Gasteiger partial charge in [-0.15, -0.1) is 0 Å². The van der Waals surface area contributed by atoms with Crippen molar-refractivity contribution < 1.29 is 4.79 Å². The Labute approximate surface area is 138 Å². The van der Waals surface area contributed by atoms with Crippen molar-refractivity contribution in [1.29, 1.82) is 0 Å². The van der Waals surface area contributed by atoms with Gasteiger partial charge in [0.05, 0.1) is 5.69 Å². The molecule has 1 aliphatic rings. The first-order chi connectivity index (χ1) is 8.97. The van der Waals surface area contributed by atoms with Crippen LogP contribution in [0, 0.1) is 0 Å². The quantitative estimate of drug-likeness (QED) is 0.718. The molecule has 1 aliphatic heterocycles. The number of benzene rings is 1. The van der Waals surface area contributed by atoms with Crippen LogP contribution in [0.25, 0.3) is 0 Å². The molecule has 1 amide bonds. The maximum absolute atomic E-state index is 11.3. The van der Waals surface area contributed by atoms with Gasteiger partial charge in [-0.05, 0) is 56.8 Å². The zero-order valence-electron chi connectivity index (χ0n) is 10.5. The lowest BCUT2D eigenvalue weighted by atomic mass is 10.0. The first-order valence-electron chi connectivity index (χ1n) is 6.14. The van der Waals surface area contributed by atoms with E-state index in [2.05, 4.69) is 53.1 Å². The van der Waals surface area contributed by atoms with E-state index in [1.807, 2.05) is 17.0 Å². The van der Waals surface area contributed by atoms with Crippen LogP contribution < -0.4 is 5.32 Å². The number of halogens is 3. The van der Waals surface area contributed by atoms with Crippen LogP contribution in [-0.4, -0.2) is 29.9 Å². The number of amides is 1. The lowest BCUT2D eigenvalue weighted by molar-refractivity contribution is -0.129. The largest absolute Gasteiger partial charge is 0.380 e. The predicted octanol–water partition coefficient (Wildman–Crippen LogP) is 4.40. The maximum atomic E-state index is 11.3. The third-order valence-electron chi connectivity index (χ3n) is 3.30. The number of piperidine rings is 1. The molecule has 1 aromatic rings. The summed E-state index contributed by atoms with van der Waals surface area (Å²) in [6.07, 6.45) is 1.96. The van der Waals surface area contributed by atoms with Gasteiger partial charge >= 0.3 is 0 Å². The van der Waals surface area contributed by atoms with Crippen molar-refractivity contribution in [2.24, 2.45) is 0 Å². The van der Waals surface area contributed by atoms with Crippen molar-refractivity contribution in [2.75, 3.05) is 18.4 Å². The van der Waals surface area contributed by atoms with Crippen LogP contribution in [0.5, 0.6) is 0 Å². The van der Waals surface area contributed by atoms with Gasteiger partial charge < -0.3 is 10.2 Å². The van der Waals surface area contributed by atoms with E-state index >= 15 is 0 Å². The van der Waals surface area contributed by atoms with E-state index in [0.717, 1.165) is 45.0 Å². The molecular formula is C13H15Br3N2O. The summed E-state index contributed by atoms with van der Waals surface area (Å²) in [6, 6.07) is 4.46. The number of nitrogens with zero attached hydrogens (tertiary/aromatic N) is 1. The standard InChI is InChI=1S/C13H15Br3N2O/c1-8(19)18-4-2-10(3-5-18)17-13-11(15)6-9(14)7-12(13)16/h6-7,10,17H,2-5H2,1H3. The Morgan fingerprint density at radius 1 is 1.21 bits per heavy atom. The molecule has 0 saturated carbocycles. The van der Waals surface area contributed by atoms with Crippen molar-refractivity contribution in [2.45, 2.75) is 25.8 Å². The molecule has 1 N–H and O–H groups in total. The van der Waals surface area contributed by atoms with E-state index in [-0.39, 0.29) is 5.91 Å². The first kappa shape index (κ1) is 15.3. The number of nitrogens with one attached hydrogen (secondary N) is 1. The van der Waals surface area contributed by atoms with Crippen LogP contribution >= 0.6 is 47.8 Å². The highest BCUT2D eigenvalue weighted by molar-refractivity contribution is 9.11. The fraction of sp³-hybridized carbons (Fsp3) is 0.462. The summed E-state index contributed by atoms with van der Waals surface area (Å²) in [5.74, 6) is 0.171. The van der Waals surface area contributed by atoms with Crippen molar-refractivity contribution in [3.63, 3.8) is 0 Å². The Morgan fingerprint density at radius 2 is 1.74 bits per heavy atom. The molecule has 2 rings (SSSR count). The van der Waals surface area contributed by atoms with Crippen molar-refractivity contribution in [3.05, 3.63) is 25.6 Å². The van der Waals surface area contributed by atoms with Crippen LogP contribution in [0.15, 0.2) is 25.6 Å². The van der Waals surface area contributed by atoms with Crippen LogP contribution in [0.4, 0.5) is 5.69 Å². The van der Waals surface area contributed by atoms with Gasteiger partial charge in [0, 0.05) is 39.5 Å². The van der Waals surface area contributed by atoms with Gasteiger partial charge in [0.25, 0.3) is 0 Å². The number of rotatable bonds is 2. The van der Waals surface area contributed by atoms with Crippen LogP contribution in [0.3, 0.4) is 0 Å². The van der Waals surface area contributed by atoms with Gasteiger partial charge in [-0.1, -0.05) is 15.9 Å². The van der Waals surface area contributed by atoms with Gasteiger partial charge in [0.2, 0.25) is 5.91 Å². The average molecular weight is 455 g/mol. The average Bonchev–Trinajstić information content (AvgIpc) is 2.34. The van der Waals surface area contributed by atoms with Gasteiger partial charge in [-0.3, -0.25) is 4.79 Å². The molecule has 1 aromatic carbocycles. The molecule has 104 valence electrons. The zero-order chi connectivity index (χ0) is 14.0. The fourth-order valence-corrected chi connectivity index (χ4v) is 4.71. The molecule has 0 spiro atoms. The van der Waals surface area contributed by atoms with E-state index in [4.69, 9.17) is 0 Å². The Balaban J connectivity index is 2.02. The van der Waals surface area contributed by atoms with Crippen molar-refractivity contribution in [1.82, 2.24) is 4.90 Å². The highest BCUT2D eigenvalue weighted by atomic mass is 79.9. The second-order valence-electron chi connectivity index (χ2n) is 4.67. The number of carbonyl (C=O) groups excluding carboxylic acids is 1. The highest BCUT2D eigenvalue weighted by Gasteiger charge is 2.21. The number of carbonyl (C=O) groups is 1. The highest BCUT2D eigenvalue weighted by Crippen LogP contribution is 2.35. The summed E-state index contributed by atoms with van der Waals surface area (Å²) >= 11 is 10.6. The lowest BCUT2D eigenvalue weighted by Crippen LogP contribution is -2.41. The summed E-state index contributed by atoms with van der Waals surface area (Å²) in [5.41, 5.74) is 1.07. The minimum absolute atomic E-state index is 0.171. The summed E-state index contributed by atoms with van der Waals surface area (Å²) in [6.45, 7) is 3.30. The third-order valence-corrected chi connectivity index (χ3v) is 5.00. The number of hydrogen-bond acceptors (Lipinski definition) is 2. The van der Waals surface area contributed by atoms with E-state index in [0.29, 0.717) is 6.04 Å². The molecule has 19 heavy (non-hydrogen) atoms. The van der Waals surface area contributed by atoms with Crippen LogP contribution in [0.2, 0.25) is 0 Å². The van der Waals surface area contributed by atoms with Gasteiger partial charge in [0.1, 0.15) is 0 Å². The third kappa shape index (κ3) is 3.95. The molecule has 6 heteroatoms. The Hall–Kier alpha value is -0.0700. The van der Waals surface area contributed by atoms with Gasteiger partial charge in [0.15, 0.2) is 0 Å². The van der Waals surface area contributed by atoms with E-state index in [9.17, 15) is 4.79 Å². The number of likely N-dealkylation sites (tertiary alicyclic amines) is 1. The minimum Gasteiger partial charge on any atom is -0.380 e. The SMILES string of the molecule is CC(=O)N1CCC(Nc2c(Br)cc(Br)cc2Br)CC1. The molecule has 0 aliphatic carbocycles. The maximum Gasteiger partial charge on any atom is 0.219 e. The fourth-order valence-electron chi connectivity index (χ4n) is 2.22. The smallest absolute Gasteiger partial charge is 0.219 e. The van der Waals surface area contributed by atoms with E-state index < -0.39 is 0 Å². The molecule has 0 unspecified atom stereocenters. The Morgan fingerprint density at radius 3 is 2.21 bits per heavy atom. The first-order valence-corrected chi connectivity index (χ1v) is 8.52. The number of anilines is 1. The molecule has 1 fully saturated rings.